The van der Waals surface area contributed by atoms with E-state index >= 15 is 0 Å². The van der Waals surface area contributed by atoms with Gasteiger partial charge in [-0.05, 0) is 62.3 Å². The van der Waals surface area contributed by atoms with Crippen LogP contribution >= 0.6 is 0 Å². The van der Waals surface area contributed by atoms with Crippen molar-refractivity contribution in [2.45, 2.75) is 19.3 Å². The molecular formula is C48H34N4. The van der Waals surface area contributed by atoms with Crippen molar-refractivity contribution in [1.29, 1.82) is 0 Å². The van der Waals surface area contributed by atoms with Gasteiger partial charge in [-0.3, -0.25) is 0 Å². The van der Waals surface area contributed by atoms with Gasteiger partial charge in [-0.2, -0.15) is 0 Å². The van der Waals surface area contributed by atoms with Crippen molar-refractivity contribution in [2.75, 3.05) is 4.90 Å². The minimum atomic E-state index is -0.139. The number of benzene rings is 8. The van der Waals surface area contributed by atoms with E-state index in [0.717, 1.165) is 38.5 Å². The van der Waals surface area contributed by atoms with E-state index in [4.69, 9.17) is 15.0 Å². The van der Waals surface area contributed by atoms with Crippen LogP contribution in [0.3, 0.4) is 0 Å². The molecule has 0 amide bonds. The zero-order valence-electron chi connectivity index (χ0n) is 29.0. The Morgan fingerprint density at radius 2 is 0.788 bits per heavy atom. The van der Waals surface area contributed by atoms with Gasteiger partial charge < -0.3 is 4.90 Å². The molecule has 1 aromatic heterocycles. The molecule has 4 heteroatoms. The molecule has 0 saturated carbocycles. The fourth-order valence-corrected chi connectivity index (χ4v) is 8.16. The van der Waals surface area contributed by atoms with Crippen LogP contribution in [0.4, 0.5) is 17.1 Å². The van der Waals surface area contributed by atoms with E-state index < -0.39 is 0 Å². The Labute approximate surface area is 302 Å². The molecule has 0 unspecified atom stereocenters. The molecule has 4 nitrogen and oxygen atoms in total. The van der Waals surface area contributed by atoms with E-state index in [0.29, 0.717) is 17.5 Å². The number of anilines is 3. The summed E-state index contributed by atoms with van der Waals surface area (Å²) in [5.74, 6) is 1.96. The van der Waals surface area contributed by atoms with Gasteiger partial charge in [0.1, 0.15) is 0 Å². The highest BCUT2D eigenvalue weighted by Gasteiger charge is 2.37. The van der Waals surface area contributed by atoms with E-state index in [1.54, 1.807) is 0 Å². The van der Waals surface area contributed by atoms with Crippen molar-refractivity contribution in [1.82, 2.24) is 15.0 Å². The quantitative estimate of drug-likeness (QED) is 0.175. The van der Waals surface area contributed by atoms with E-state index in [9.17, 15) is 0 Å². The van der Waals surface area contributed by atoms with E-state index in [-0.39, 0.29) is 5.41 Å². The van der Waals surface area contributed by atoms with Gasteiger partial charge in [0.15, 0.2) is 17.5 Å². The molecule has 1 aliphatic rings. The minimum Gasteiger partial charge on any atom is -0.309 e. The van der Waals surface area contributed by atoms with Crippen molar-refractivity contribution >= 4 is 49.4 Å². The van der Waals surface area contributed by atoms with Crippen LogP contribution in [0.1, 0.15) is 25.0 Å². The maximum absolute atomic E-state index is 5.16. The van der Waals surface area contributed by atoms with E-state index in [1.165, 1.54) is 38.7 Å². The number of fused-ring (bicyclic) bond motifs is 7. The molecule has 8 aromatic carbocycles. The predicted molar refractivity (Wildman–Crippen MR) is 215 cm³/mol. The molecule has 52 heavy (non-hydrogen) atoms. The Morgan fingerprint density at radius 3 is 1.37 bits per heavy atom. The second kappa shape index (κ2) is 11.7. The summed E-state index contributed by atoms with van der Waals surface area (Å²) in [6.07, 6.45) is 0. The molecule has 0 fully saturated rings. The third-order valence-corrected chi connectivity index (χ3v) is 10.7. The standard InChI is InChI=1S/C48H34N4/c1-48(2)40-25-13-15-27-42(40)52(43-28-16-14-26-41(43)48)44-30-38-33-21-9-10-22-34(33)39(29-37(38)35-23-11-12-24-36(35)44)47-50-45(31-17-5-3-6-18-31)49-46(51-47)32-19-7-4-8-20-32/h3-30H,1-2H3. The second-order valence-electron chi connectivity index (χ2n) is 14.0. The lowest BCUT2D eigenvalue weighted by atomic mass is 9.73. The van der Waals surface area contributed by atoms with Crippen LogP contribution in [0.5, 0.6) is 0 Å². The Hall–Kier alpha value is -6.65. The summed E-state index contributed by atoms with van der Waals surface area (Å²) in [6.45, 7) is 4.67. The van der Waals surface area contributed by atoms with Crippen molar-refractivity contribution in [3.8, 4) is 34.2 Å². The molecule has 0 N–H and O–H groups in total. The van der Waals surface area contributed by atoms with Crippen LogP contribution in [-0.2, 0) is 5.41 Å². The Morgan fingerprint density at radius 1 is 0.365 bits per heavy atom. The van der Waals surface area contributed by atoms with Gasteiger partial charge in [-0.15, -0.1) is 0 Å². The first kappa shape index (κ1) is 30.2. The Kier molecular flexibility index (Phi) is 6.80. The number of para-hydroxylation sites is 2. The molecule has 0 bridgehead atoms. The summed E-state index contributed by atoms with van der Waals surface area (Å²) in [4.78, 5) is 17.8. The van der Waals surface area contributed by atoms with E-state index in [2.05, 4.69) is 152 Å². The van der Waals surface area contributed by atoms with Crippen LogP contribution in [0, 0.1) is 0 Å². The first-order chi connectivity index (χ1) is 25.6. The van der Waals surface area contributed by atoms with Gasteiger partial charge in [-0.25, -0.2) is 15.0 Å². The summed E-state index contributed by atoms with van der Waals surface area (Å²) in [7, 11) is 0. The zero-order chi connectivity index (χ0) is 34.8. The summed E-state index contributed by atoms with van der Waals surface area (Å²) >= 11 is 0. The largest absolute Gasteiger partial charge is 0.309 e. The van der Waals surface area contributed by atoms with Crippen molar-refractivity contribution in [3.63, 3.8) is 0 Å². The molecule has 2 heterocycles. The third-order valence-electron chi connectivity index (χ3n) is 10.7. The lowest BCUT2D eigenvalue weighted by molar-refractivity contribution is 0.632. The number of nitrogens with zero attached hydrogens (tertiary/aromatic N) is 4. The van der Waals surface area contributed by atoms with Crippen molar-refractivity contribution < 1.29 is 0 Å². The lowest BCUT2D eigenvalue weighted by Crippen LogP contribution is -2.30. The highest BCUT2D eigenvalue weighted by Crippen LogP contribution is 2.54. The lowest BCUT2D eigenvalue weighted by Gasteiger charge is -2.42. The van der Waals surface area contributed by atoms with Gasteiger partial charge >= 0.3 is 0 Å². The van der Waals surface area contributed by atoms with Gasteiger partial charge in [0.05, 0.1) is 17.1 Å². The van der Waals surface area contributed by atoms with E-state index in [1.807, 2.05) is 36.4 Å². The van der Waals surface area contributed by atoms with Crippen LogP contribution in [0.15, 0.2) is 170 Å². The van der Waals surface area contributed by atoms with Crippen molar-refractivity contribution in [3.05, 3.63) is 181 Å². The summed E-state index contributed by atoms with van der Waals surface area (Å²) in [5, 5.41) is 6.97. The maximum atomic E-state index is 5.16. The summed E-state index contributed by atoms with van der Waals surface area (Å²) in [5.41, 5.74) is 8.96. The molecule has 0 radical (unpaired) electrons. The zero-order valence-corrected chi connectivity index (χ0v) is 29.0. The predicted octanol–water partition coefficient (Wildman–Crippen LogP) is 12.4. The second-order valence-corrected chi connectivity index (χ2v) is 14.0. The van der Waals surface area contributed by atoms with Gasteiger partial charge in [0.2, 0.25) is 0 Å². The molecule has 0 saturated heterocycles. The number of hydrogen-bond acceptors (Lipinski definition) is 4. The Bertz CT molecular complexity index is 2720. The number of hydrogen-bond donors (Lipinski definition) is 0. The molecule has 0 aliphatic carbocycles. The van der Waals surface area contributed by atoms with Gasteiger partial charge in [0, 0.05) is 27.5 Å². The molecule has 0 atom stereocenters. The van der Waals surface area contributed by atoms with Gasteiger partial charge in [-0.1, -0.05) is 159 Å². The van der Waals surface area contributed by atoms with Gasteiger partial charge in [0.25, 0.3) is 0 Å². The topological polar surface area (TPSA) is 41.9 Å². The number of aromatic nitrogens is 3. The Balaban J connectivity index is 1.28. The summed E-state index contributed by atoms with van der Waals surface area (Å²) in [6, 6.07) is 60.2. The average molecular weight is 667 g/mol. The summed E-state index contributed by atoms with van der Waals surface area (Å²) < 4.78 is 0. The molecule has 0 spiro atoms. The number of rotatable bonds is 4. The highest BCUT2D eigenvalue weighted by atomic mass is 15.2. The molecule has 9 aromatic rings. The smallest absolute Gasteiger partial charge is 0.164 e. The third kappa shape index (κ3) is 4.65. The monoisotopic (exact) mass is 666 g/mol. The van der Waals surface area contributed by atoms with Crippen LogP contribution in [0.2, 0.25) is 0 Å². The minimum absolute atomic E-state index is 0.139. The molecule has 10 rings (SSSR count). The van der Waals surface area contributed by atoms with Crippen LogP contribution < -0.4 is 4.90 Å². The fourth-order valence-electron chi connectivity index (χ4n) is 8.16. The fraction of sp³-hybridized carbons (Fsp3) is 0.0625. The van der Waals surface area contributed by atoms with Crippen LogP contribution in [0.25, 0.3) is 66.5 Å². The van der Waals surface area contributed by atoms with Crippen LogP contribution in [-0.4, -0.2) is 15.0 Å². The maximum Gasteiger partial charge on any atom is 0.164 e. The first-order valence-electron chi connectivity index (χ1n) is 17.8. The molecular weight excluding hydrogens is 633 g/mol. The average Bonchev–Trinajstić information content (AvgIpc) is 3.21. The van der Waals surface area contributed by atoms with Crippen molar-refractivity contribution in [2.24, 2.45) is 0 Å². The molecule has 1 aliphatic heterocycles. The SMILES string of the molecule is CC1(C)c2ccccc2N(c2cc3c4ccccc4c(-c4nc(-c5ccccc5)nc(-c5ccccc5)n4)cc3c3ccccc23)c2ccccc21. The first-order valence-corrected chi connectivity index (χ1v) is 17.8. The highest BCUT2D eigenvalue weighted by molar-refractivity contribution is 6.24. The normalized spacial score (nSPS) is 13.3. The molecule has 246 valence electrons.